The number of amides is 1. The maximum absolute atomic E-state index is 13.5. The molecule has 1 atom stereocenters. The number of hydrogen-bond acceptors (Lipinski definition) is 3. The number of rotatable bonds is 4. The summed E-state index contributed by atoms with van der Waals surface area (Å²) in [5.41, 5.74) is 0.226. The summed E-state index contributed by atoms with van der Waals surface area (Å²) in [5.74, 6) is -0.943. The Bertz CT molecular complexity index is 734. The van der Waals surface area contributed by atoms with E-state index in [0.29, 0.717) is 19.4 Å². The van der Waals surface area contributed by atoms with Gasteiger partial charge in [0.1, 0.15) is 5.82 Å². The van der Waals surface area contributed by atoms with Crippen molar-refractivity contribution in [3.05, 3.63) is 35.6 Å². The minimum Gasteiger partial charge on any atom is -0.346 e. The molecule has 0 aromatic heterocycles. The van der Waals surface area contributed by atoms with Gasteiger partial charge in [0.05, 0.1) is 11.5 Å². The molecule has 0 bridgehead atoms. The molecule has 24 heavy (non-hydrogen) atoms. The highest BCUT2D eigenvalue weighted by Crippen LogP contribution is 2.41. The molecule has 2 fully saturated rings. The number of carbonyl (C=O) groups is 1. The van der Waals surface area contributed by atoms with Crippen LogP contribution in [0.25, 0.3) is 0 Å². The van der Waals surface area contributed by atoms with E-state index in [1.807, 2.05) is 6.07 Å². The molecule has 3 N–H and O–H groups in total. The molecule has 2 aliphatic rings. The van der Waals surface area contributed by atoms with Gasteiger partial charge in [0.2, 0.25) is 5.91 Å². The van der Waals surface area contributed by atoms with Crippen LogP contribution in [0.5, 0.6) is 0 Å². The molecular weight excluding hydrogens is 333 g/mol. The summed E-state index contributed by atoms with van der Waals surface area (Å²) < 4.78 is 37.7. The first kappa shape index (κ1) is 17.3. The first-order chi connectivity index (χ1) is 11.3. The molecule has 6 nitrogen and oxygen atoms in total. The lowest BCUT2D eigenvalue weighted by molar-refractivity contribution is -0.129. The minimum atomic E-state index is -3.78. The molecule has 1 aromatic carbocycles. The van der Waals surface area contributed by atoms with Crippen molar-refractivity contribution in [1.82, 2.24) is 9.62 Å². The lowest BCUT2D eigenvalue weighted by Crippen LogP contribution is -2.55. The SMILES string of the molecule is NS(=O)(=O)N1CCCC(C(=O)NC2(c3cccc(F)c3)CCC2)C1. The van der Waals surface area contributed by atoms with E-state index in [1.165, 1.54) is 12.1 Å². The maximum Gasteiger partial charge on any atom is 0.276 e. The van der Waals surface area contributed by atoms with Crippen LogP contribution >= 0.6 is 0 Å². The van der Waals surface area contributed by atoms with Crippen LogP contribution in [-0.2, 0) is 20.5 Å². The predicted molar refractivity (Wildman–Crippen MR) is 87.5 cm³/mol. The number of carbonyl (C=O) groups excluding carboxylic acids is 1. The van der Waals surface area contributed by atoms with Gasteiger partial charge in [-0.3, -0.25) is 4.79 Å². The molecule has 1 amide bonds. The van der Waals surface area contributed by atoms with Crippen molar-refractivity contribution in [2.75, 3.05) is 13.1 Å². The third kappa shape index (κ3) is 3.45. The Hall–Kier alpha value is -1.51. The van der Waals surface area contributed by atoms with Crippen LogP contribution in [0.3, 0.4) is 0 Å². The molecule has 0 radical (unpaired) electrons. The largest absolute Gasteiger partial charge is 0.346 e. The van der Waals surface area contributed by atoms with Crippen LogP contribution in [0.1, 0.15) is 37.7 Å². The monoisotopic (exact) mass is 355 g/mol. The van der Waals surface area contributed by atoms with Gasteiger partial charge < -0.3 is 5.32 Å². The molecule has 1 saturated heterocycles. The first-order valence-electron chi connectivity index (χ1n) is 8.16. The number of hydrogen-bond donors (Lipinski definition) is 2. The fourth-order valence-electron chi connectivity index (χ4n) is 3.53. The van der Waals surface area contributed by atoms with Crippen molar-refractivity contribution in [3.63, 3.8) is 0 Å². The summed E-state index contributed by atoms with van der Waals surface area (Å²) in [6, 6.07) is 6.29. The molecular formula is C16H22FN3O3S. The molecule has 132 valence electrons. The van der Waals surface area contributed by atoms with Crippen molar-refractivity contribution < 1.29 is 17.6 Å². The third-order valence-electron chi connectivity index (χ3n) is 5.06. The lowest BCUT2D eigenvalue weighted by Gasteiger charge is -2.44. The fraction of sp³-hybridized carbons (Fsp3) is 0.562. The van der Waals surface area contributed by atoms with Gasteiger partial charge in [0.25, 0.3) is 10.2 Å². The van der Waals surface area contributed by atoms with Crippen LogP contribution in [0.4, 0.5) is 4.39 Å². The van der Waals surface area contributed by atoms with Gasteiger partial charge in [-0.2, -0.15) is 12.7 Å². The Morgan fingerprint density at radius 2 is 2.08 bits per heavy atom. The quantitative estimate of drug-likeness (QED) is 0.851. The second-order valence-corrected chi connectivity index (χ2v) is 8.22. The molecule has 0 spiro atoms. The van der Waals surface area contributed by atoms with Crippen molar-refractivity contribution in [2.45, 2.75) is 37.6 Å². The number of nitrogens with two attached hydrogens (primary N) is 1. The zero-order chi connectivity index (χ0) is 17.4. The highest BCUT2D eigenvalue weighted by molar-refractivity contribution is 7.86. The van der Waals surface area contributed by atoms with Crippen molar-refractivity contribution in [3.8, 4) is 0 Å². The van der Waals surface area contributed by atoms with E-state index in [4.69, 9.17) is 5.14 Å². The van der Waals surface area contributed by atoms with Crippen LogP contribution in [-0.4, -0.2) is 31.7 Å². The van der Waals surface area contributed by atoms with Gasteiger partial charge in [0, 0.05) is 13.1 Å². The smallest absolute Gasteiger partial charge is 0.276 e. The summed E-state index contributed by atoms with van der Waals surface area (Å²) in [6.07, 6.45) is 3.70. The number of benzene rings is 1. The Morgan fingerprint density at radius 1 is 1.33 bits per heavy atom. The van der Waals surface area contributed by atoms with Crippen LogP contribution in [0, 0.1) is 11.7 Å². The lowest BCUT2D eigenvalue weighted by atomic mass is 9.71. The molecule has 1 heterocycles. The molecule has 1 aromatic rings. The Morgan fingerprint density at radius 3 is 2.67 bits per heavy atom. The normalized spacial score (nSPS) is 24.2. The van der Waals surface area contributed by atoms with Gasteiger partial charge in [-0.05, 0) is 49.8 Å². The average molecular weight is 355 g/mol. The summed E-state index contributed by atoms with van der Waals surface area (Å²) in [4.78, 5) is 12.7. The number of nitrogens with zero attached hydrogens (tertiary/aromatic N) is 1. The molecule has 1 aliphatic heterocycles. The van der Waals surface area contributed by atoms with Gasteiger partial charge in [-0.1, -0.05) is 12.1 Å². The Kier molecular flexibility index (Phi) is 4.63. The van der Waals surface area contributed by atoms with E-state index in [-0.39, 0.29) is 18.3 Å². The highest BCUT2D eigenvalue weighted by Gasteiger charge is 2.42. The van der Waals surface area contributed by atoms with Crippen molar-refractivity contribution >= 4 is 16.1 Å². The van der Waals surface area contributed by atoms with E-state index in [2.05, 4.69) is 5.32 Å². The maximum atomic E-state index is 13.5. The summed E-state index contributed by atoms with van der Waals surface area (Å²) >= 11 is 0. The van der Waals surface area contributed by atoms with Gasteiger partial charge >= 0.3 is 0 Å². The predicted octanol–water partition coefficient (Wildman–Crippen LogP) is 1.24. The zero-order valence-corrected chi connectivity index (χ0v) is 14.2. The van der Waals surface area contributed by atoms with E-state index < -0.39 is 21.7 Å². The Labute approximate surface area is 141 Å². The highest BCUT2D eigenvalue weighted by atomic mass is 32.2. The summed E-state index contributed by atoms with van der Waals surface area (Å²) in [6.45, 7) is 0.446. The molecule has 8 heteroatoms. The van der Waals surface area contributed by atoms with Gasteiger partial charge in [-0.15, -0.1) is 0 Å². The van der Waals surface area contributed by atoms with E-state index >= 15 is 0 Å². The second kappa shape index (κ2) is 6.42. The van der Waals surface area contributed by atoms with Crippen LogP contribution < -0.4 is 10.5 Å². The molecule has 1 unspecified atom stereocenters. The van der Waals surface area contributed by atoms with E-state index in [9.17, 15) is 17.6 Å². The average Bonchev–Trinajstić information content (AvgIpc) is 2.50. The number of halogens is 1. The molecule has 1 aliphatic carbocycles. The second-order valence-electron chi connectivity index (χ2n) is 6.68. The van der Waals surface area contributed by atoms with E-state index in [1.54, 1.807) is 6.07 Å². The first-order valence-corrected chi connectivity index (χ1v) is 9.66. The van der Waals surface area contributed by atoms with Gasteiger partial charge in [-0.25, -0.2) is 9.53 Å². The van der Waals surface area contributed by atoms with E-state index in [0.717, 1.165) is 29.1 Å². The van der Waals surface area contributed by atoms with Crippen LogP contribution in [0.15, 0.2) is 24.3 Å². The third-order valence-corrected chi connectivity index (χ3v) is 6.11. The topological polar surface area (TPSA) is 92.5 Å². The van der Waals surface area contributed by atoms with Crippen molar-refractivity contribution in [2.24, 2.45) is 11.1 Å². The van der Waals surface area contributed by atoms with Gasteiger partial charge in [0.15, 0.2) is 0 Å². The summed E-state index contributed by atoms with van der Waals surface area (Å²) in [5, 5.41) is 8.22. The molecule has 3 rings (SSSR count). The van der Waals surface area contributed by atoms with Crippen LogP contribution in [0.2, 0.25) is 0 Å². The van der Waals surface area contributed by atoms with Crippen molar-refractivity contribution in [1.29, 1.82) is 0 Å². The molecule has 1 saturated carbocycles. The minimum absolute atomic E-state index is 0.101. The standard InChI is InChI=1S/C16H22FN3O3S/c17-14-6-1-5-13(10-14)16(7-3-8-16)19-15(21)12-4-2-9-20(11-12)24(18,22)23/h1,5-6,10,12H,2-4,7-9,11H2,(H,19,21)(H2,18,22,23). The number of nitrogens with one attached hydrogen (secondary N) is 1. The Balaban J connectivity index is 1.73. The fourth-order valence-corrected chi connectivity index (χ4v) is 4.30. The summed E-state index contributed by atoms with van der Waals surface area (Å²) in [7, 11) is -3.78. The number of piperidine rings is 1. The zero-order valence-electron chi connectivity index (χ0n) is 13.4.